The summed E-state index contributed by atoms with van der Waals surface area (Å²) >= 11 is 0. The molecule has 110 valence electrons. The predicted molar refractivity (Wildman–Crippen MR) is 73.1 cm³/mol. The van der Waals surface area contributed by atoms with Crippen molar-refractivity contribution in [2.75, 3.05) is 13.2 Å². The summed E-state index contributed by atoms with van der Waals surface area (Å²) in [5, 5.41) is 2.66. The highest BCUT2D eigenvalue weighted by Crippen LogP contribution is 2.33. The van der Waals surface area contributed by atoms with E-state index in [9.17, 15) is 9.18 Å². The van der Waals surface area contributed by atoms with E-state index in [0.29, 0.717) is 12.1 Å². The van der Waals surface area contributed by atoms with Crippen LogP contribution in [0.1, 0.15) is 31.9 Å². The van der Waals surface area contributed by atoms with Crippen molar-refractivity contribution >= 4 is 6.09 Å². The molecule has 1 saturated heterocycles. The molecule has 1 aromatic rings. The van der Waals surface area contributed by atoms with E-state index < -0.39 is 17.4 Å². The minimum Gasteiger partial charge on any atom is -0.444 e. The summed E-state index contributed by atoms with van der Waals surface area (Å²) in [5.41, 5.74) is -0.358. The van der Waals surface area contributed by atoms with Crippen molar-refractivity contribution in [3.8, 4) is 0 Å². The number of hydrogen-bond acceptors (Lipinski definition) is 3. The standard InChI is InChI=1S/C15H20FNO3/c1-14(2,3)20-13(18)17-8-11-4-6-12(7-5-11)15(16)9-19-10-15/h4-7H,8-10H2,1-3H3,(H,17,18). The van der Waals surface area contributed by atoms with Gasteiger partial charge < -0.3 is 14.8 Å². The second-order valence-corrected chi connectivity index (χ2v) is 6.01. The Kier molecular flexibility index (Phi) is 3.99. The number of benzene rings is 1. The number of alkyl halides is 1. The van der Waals surface area contributed by atoms with E-state index in [2.05, 4.69) is 5.32 Å². The second kappa shape index (κ2) is 5.40. The fraction of sp³-hybridized carbons (Fsp3) is 0.533. The van der Waals surface area contributed by atoms with Crippen LogP contribution in [0.3, 0.4) is 0 Å². The number of rotatable bonds is 3. The lowest BCUT2D eigenvalue weighted by Crippen LogP contribution is -2.42. The molecule has 20 heavy (non-hydrogen) atoms. The summed E-state index contributed by atoms with van der Waals surface area (Å²) in [4.78, 5) is 11.5. The molecule has 0 spiro atoms. The van der Waals surface area contributed by atoms with Crippen molar-refractivity contribution in [3.05, 3.63) is 35.4 Å². The molecule has 0 atom stereocenters. The Labute approximate surface area is 118 Å². The van der Waals surface area contributed by atoms with Gasteiger partial charge in [-0.1, -0.05) is 24.3 Å². The van der Waals surface area contributed by atoms with Crippen molar-refractivity contribution in [2.45, 2.75) is 38.6 Å². The summed E-state index contributed by atoms with van der Waals surface area (Å²) in [5.74, 6) is 0. The largest absolute Gasteiger partial charge is 0.444 e. The summed E-state index contributed by atoms with van der Waals surface area (Å²) < 4.78 is 24.1. The van der Waals surface area contributed by atoms with Crippen LogP contribution >= 0.6 is 0 Å². The number of halogens is 1. The lowest BCUT2D eigenvalue weighted by Gasteiger charge is -2.34. The van der Waals surface area contributed by atoms with Crippen molar-refractivity contribution in [3.63, 3.8) is 0 Å². The van der Waals surface area contributed by atoms with Gasteiger partial charge in [0.1, 0.15) is 5.60 Å². The van der Waals surface area contributed by atoms with E-state index in [0.717, 1.165) is 5.56 Å². The number of carbonyl (C=O) groups is 1. The van der Waals surface area contributed by atoms with E-state index in [1.807, 2.05) is 20.8 Å². The van der Waals surface area contributed by atoms with Gasteiger partial charge in [-0.05, 0) is 31.9 Å². The van der Waals surface area contributed by atoms with Crippen LogP contribution in [0.2, 0.25) is 0 Å². The third-order valence-corrected chi connectivity index (χ3v) is 2.97. The number of amides is 1. The minimum absolute atomic E-state index is 0.114. The number of ether oxygens (including phenoxy) is 2. The first-order chi connectivity index (χ1) is 9.28. The number of nitrogens with one attached hydrogen (secondary N) is 1. The van der Waals surface area contributed by atoms with Crippen LogP contribution in [0.5, 0.6) is 0 Å². The number of hydrogen-bond donors (Lipinski definition) is 1. The first-order valence-corrected chi connectivity index (χ1v) is 6.61. The van der Waals surface area contributed by atoms with Crippen LogP contribution < -0.4 is 5.32 Å². The van der Waals surface area contributed by atoms with E-state index in [1.54, 1.807) is 24.3 Å². The van der Waals surface area contributed by atoms with E-state index in [1.165, 1.54) is 0 Å². The van der Waals surface area contributed by atoms with Crippen molar-refractivity contribution in [1.29, 1.82) is 0 Å². The molecule has 0 aromatic heterocycles. The zero-order chi connectivity index (χ0) is 14.8. The zero-order valence-corrected chi connectivity index (χ0v) is 12.0. The molecule has 0 aliphatic carbocycles. The molecule has 0 unspecified atom stereocenters. The van der Waals surface area contributed by atoms with Gasteiger partial charge in [0.05, 0.1) is 13.2 Å². The summed E-state index contributed by atoms with van der Waals surface area (Å²) in [6.45, 7) is 6.00. The molecule has 1 aromatic carbocycles. The smallest absolute Gasteiger partial charge is 0.407 e. The van der Waals surface area contributed by atoms with Gasteiger partial charge >= 0.3 is 6.09 Å². The van der Waals surface area contributed by atoms with Crippen LogP contribution in [0.15, 0.2) is 24.3 Å². The lowest BCUT2D eigenvalue weighted by molar-refractivity contribution is -0.135. The average Bonchev–Trinajstić information content (AvgIpc) is 2.32. The quantitative estimate of drug-likeness (QED) is 0.926. The van der Waals surface area contributed by atoms with Crippen LogP contribution in [0.4, 0.5) is 9.18 Å². The molecule has 1 N–H and O–H groups in total. The molecule has 1 aliphatic heterocycles. The first-order valence-electron chi connectivity index (χ1n) is 6.61. The molecule has 1 amide bonds. The monoisotopic (exact) mass is 281 g/mol. The number of carbonyl (C=O) groups excluding carboxylic acids is 1. The maximum absolute atomic E-state index is 14.1. The van der Waals surface area contributed by atoms with Gasteiger partial charge in [0.2, 0.25) is 0 Å². The molecular weight excluding hydrogens is 261 g/mol. The van der Waals surface area contributed by atoms with Gasteiger partial charge in [-0.3, -0.25) is 0 Å². The summed E-state index contributed by atoms with van der Waals surface area (Å²) in [6.07, 6.45) is -0.462. The van der Waals surface area contributed by atoms with Gasteiger partial charge in [-0.2, -0.15) is 0 Å². The van der Waals surface area contributed by atoms with Gasteiger partial charge in [0.15, 0.2) is 5.67 Å². The Hall–Kier alpha value is -1.62. The topological polar surface area (TPSA) is 47.6 Å². The Bertz CT molecular complexity index is 475. The SMILES string of the molecule is CC(C)(C)OC(=O)NCc1ccc(C2(F)COC2)cc1. The third-order valence-electron chi connectivity index (χ3n) is 2.97. The van der Waals surface area contributed by atoms with E-state index >= 15 is 0 Å². The summed E-state index contributed by atoms with van der Waals surface area (Å²) in [7, 11) is 0. The Morgan fingerprint density at radius 1 is 1.35 bits per heavy atom. The molecule has 4 nitrogen and oxygen atoms in total. The molecule has 0 bridgehead atoms. The molecule has 2 rings (SSSR count). The number of alkyl carbamates (subject to hydrolysis) is 1. The highest BCUT2D eigenvalue weighted by molar-refractivity contribution is 5.67. The predicted octanol–water partition coefficient (Wildman–Crippen LogP) is 2.91. The van der Waals surface area contributed by atoms with Gasteiger partial charge in [-0.15, -0.1) is 0 Å². The van der Waals surface area contributed by atoms with Crippen molar-refractivity contribution in [1.82, 2.24) is 5.32 Å². The Balaban J connectivity index is 1.86. The highest BCUT2D eigenvalue weighted by atomic mass is 19.1. The van der Waals surface area contributed by atoms with Crippen LogP contribution in [0.25, 0.3) is 0 Å². The maximum atomic E-state index is 14.1. The van der Waals surface area contributed by atoms with Crippen LogP contribution in [-0.2, 0) is 21.7 Å². The van der Waals surface area contributed by atoms with Crippen molar-refractivity contribution < 1.29 is 18.7 Å². The molecule has 1 heterocycles. The van der Waals surface area contributed by atoms with Gasteiger partial charge in [0, 0.05) is 6.54 Å². The average molecular weight is 281 g/mol. The third kappa shape index (κ3) is 3.70. The minimum atomic E-state index is -1.35. The molecule has 1 aliphatic rings. The Morgan fingerprint density at radius 2 is 1.95 bits per heavy atom. The Morgan fingerprint density at radius 3 is 2.40 bits per heavy atom. The maximum Gasteiger partial charge on any atom is 0.407 e. The summed E-state index contributed by atoms with van der Waals surface area (Å²) in [6, 6.07) is 7.06. The normalized spacial score (nSPS) is 17.2. The second-order valence-electron chi connectivity index (χ2n) is 6.01. The first kappa shape index (κ1) is 14.8. The highest BCUT2D eigenvalue weighted by Gasteiger charge is 2.40. The van der Waals surface area contributed by atoms with Crippen LogP contribution in [0, 0.1) is 0 Å². The zero-order valence-electron chi connectivity index (χ0n) is 12.0. The molecule has 1 fully saturated rings. The van der Waals surface area contributed by atoms with Crippen LogP contribution in [-0.4, -0.2) is 24.9 Å². The molecule has 0 saturated carbocycles. The van der Waals surface area contributed by atoms with Crippen molar-refractivity contribution in [2.24, 2.45) is 0 Å². The fourth-order valence-corrected chi connectivity index (χ4v) is 1.86. The molecule has 5 heteroatoms. The fourth-order valence-electron chi connectivity index (χ4n) is 1.86. The van der Waals surface area contributed by atoms with E-state index in [-0.39, 0.29) is 13.2 Å². The van der Waals surface area contributed by atoms with Gasteiger partial charge in [0.25, 0.3) is 0 Å². The lowest BCUT2D eigenvalue weighted by atomic mass is 9.93. The van der Waals surface area contributed by atoms with E-state index in [4.69, 9.17) is 9.47 Å². The molecule has 0 radical (unpaired) electrons. The molecular formula is C15H20FNO3. The van der Waals surface area contributed by atoms with Gasteiger partial charge in [-0.25, -0.2) is 9.18 Å².